The number of sulfone groups is 1. The van der Waals surface area contributed by atoms with Crippen molar-refractivity contribution in [2.24, 2.45) is 0 Å². The molecular formula is C11H13BrF3NO3S. The van der Waals surface area contributed by atoms with Crippen molar-refractivity contribution < 1.29 is 26.3 Å². The Hall–Kier alpha value is -0.830. The molecule has 114 valence electrons. The van der Waals surface area contributed by atoms with Crippen molar-refractivity contribution in [2.75, 3.05) is 6.61 Å². The summed E-state index contributed by atoms with van der Waals surface area (Å²) in [6.45, 7) is 2.94. The quantitative estimate of drug-likeness (QED) is 0.760. The van der Waals surface area contributed by atoms with Gasteiger partial charge in [0.15, 0.2) is 22.2 Å². The predicted octanol–water partition coefficient (Wildman–Crippen LogP) is 3.36. The standard InChI is InChI=1S/C11H13BrF3NO3S/c1-10(2,3)20(17,18)7-4-8(9(12)16-5-7)19-6-11(13,14)15/h4-5H,6H2,1-3H3. The molecular weight excluding hydrogens is 363 g/mol. The number of hydrogen-bond acceptors (Lipinski definition) is 4. The van der Waals surface area contributed by atoms with Crippen LogP contribution in [-0.2, 0) is 9.84 Å². The molecule has 1 aromatic heterocycles. The van der Waals surface area contributed by atoms with Gasteiger partial charge in [-0.05, 0) is 36.7 Å². The molecule has 9 heteroatoms. The number of halogens is 4. The Morgan fingerprint density at radius 3 is 2.30 bits per heavy atom. The van der Waals surface area contributed by atoms with Gasteiger partial charge in [-0.2, -0.15) is 13.2 Å². The summed E-state index contributed by atoms with van der Waals surface area (Å²) in [7, 11) is -3.71. The maximum absolute atomic E-state index is 12.2. The molecule has 1 heterocycles. The average molecular weight is 376 g/mol. The van der Waals surface area contributed by atoms with Gasteiger partial charge in [0.1, 0.15) is 4.60 Å². The third kappa shape index (κ3) is 4.08. The van der Waals surface area contributed by atoms with Crippen LogP contribution in [0.4, 0.5) is 13.2 Å². The summed E-state index contributed by atoms with van der Waals surface area (Å²) in [6, 6.07) is 1.03. The summed E-state index contributed by atoms with van der Waals surface area (Å²) in [5.74, 6) is -0.271. The third-order valence-corrected chi connectivity index (χ3v) is 5.34. The monoisotopic (exact) mass is 375 g/mol. The van der Waals surface area contributed by atoms with E-state index in [1.54, 1.807) is 0 Å². The van der Waals surface area contributed by atoms with Gasteiger partial charge in [0.05, 0.1) is 9.64 Å². The topological polar surface area (TPSA) is 56.3 Å². The molecule has 0 saturated heterocycles. The van der Waals surface area contributed by atoms with Crippen LogP contribution < -0.4 is 4.74 Å². The van der Waals surface area contributed by atoms with E-state index in [9.17, 15) is 21.6 Å². The highest BCUT2D eigenvalue weighted by molar-refractivity contribution is 9.10. The Morgan fingerprint density at radius 2 is 1.85 bits per heavy atom. The summed E-state index contributed by atoms with van der Waals surface area (Å²) in [5.41, 5.74) is 0. The van der Waals surface area contributed by atoms with Crippen molar-refractivity contribution in [3.05, 3.63) is 16.9 Å². The van der Waals surface area contributed by atoms with E-state index in [0.29, 0.717) is 0 Å². The van der Waals surface area contributed by atoms with Gasteiger partial charge in [-0.25, -0.2) is 13.4 Å². The lowest BCUT2D eigenvalue weighted by Gasteiger charge is -2.19. The first-order chi connectivity index (χ1) is 8.84. The summed E-state index contributed by atoms with van der Waals surface area (Å²) in [4.78, 5) is 3.52. The van der Waals surface area contributed by atoms with Crippen molar-refractivity contribution in [2.45, 2.75) is 36.6 Å². The molecule has 0 spiro atoms. The van der Waals surface area contributed by atoms with Crippen molar-refractivity contribution in [1.82, 2.24) is 4.98 Å². The minimum Gasteiger partial charge on any atom is -0.481 e. The number of pyridine rings is 1. The highest BCUT2D eigenvalue weighted by Crippen LogP contribution is 2.31. The van der Waals surface area contributed by atoms with Crippen LogP contribution >= 0.6 is 15.9 Å². The Kier molecular flexibility index (Phi) is 4.75. The minimum atomic E-state index is -4.52. The van der Waals surface area contributed by atoms with E-state index in [1.165, 1.54) is 20.8 Å². The van der Waals surface area contributed by atoms with Gasteiger partial charge in [-0.1, -0.05) is 0 Å². The van der Waals surface area contributed by atoms with E-state index in [1.807, 2.05) is 0 Å². The van der Waals surface area contributed by atoms with Crippen LogP contribution in [0.15, 0.2) is 21.8 Å². The molecule has 0 radical (unpaired) electrons. The zero-order valence-electron chi connectivity index (χ0n) is 11.0. The number of aromatic nitrogens is 1. The molecule has 0 bridgehead atoms. The first-order valence-corrected chi connectivity index (χ1v) is 7.72. The van der Waals surface area contributed by atoms with Crippen LogP contribution in [0.25, 0.3) is 0 Å². The lowest BCUT2D eigenvalue weighted by atomic mass is 10.3. The van der Waals surface area contributed by atoms with Gasteiger partial charge in [0, 0.05) is 12.3 Å². The normalized spacial score (nSPS) is 13.3. The van der Waals surface area contributed by atoms with Crippen molar-refractivity contribution in [3.8, 4) is 5.75 Å². The zero-order chi connectivity index (χ0) is 15.8. The molecule has 0 aliphatic heterocycles. The van der Waals surface area contributed by atoms with Crippen molar-refractivity contribution in [3.63, 3.8) is 0 Å². The molecule has 1 aromatic rings. The first-order valence-electron chi connectivity index (χ1n) is 5.44. The lowest BCUT2D eigenvalue weighted by molar-refractivity contribution is -0.153. The Bertz CT molecular complexity index is 594. The Labute approximate surface area is 123 Å². The molecule has 0 aromatic carbocycles. The molecule has 4 nitrogen and oxygen atoms in total. The van der Waals surface area contributed by atoms with E-state index < -0.39 is 27.4 Å². The van der Waals surface area contributed by atoms with Gasteiger partial charge in [0.25, 0.3) is 0 Å². The molecule has 0 amide bonds. The minimum absolute atomic E-state index is 0.00890. The van der Waals surface area contributed by atoms with Crippen LogP contribution in [0.3, 0.4) is 0 Å². The van der Waals surface area contributed by atoms with Crippen LogP contribution in [-0.4, -0.2) is 30.9 Å². The van der Waals surface area contributed by atoms with Gasteiger partial charge >= 0.3 is 6.18 Å². The van der Waals surface area contributed by atoms with Gasteiger partial charge in [-0.3, -0.25) is 0 Å². The highest BCUT2D eigenvalue weighted by atomic mass is 79.9. The van der Waals surface area contributed by atoms with Crippen LogP contribution in [0.1, 0.15) is 20.8 Å². The number of nitrogens with zero attached hydrogens (tertiary/aromatic N) is 1. The van der Waals surface area contributed by atoms with Gasteiger partial charge in [0.2, 0.25) is 0 Å². The fraction of sp³-hybridized carbons (Fsp3) is 0.545. The Morgan fingerprint density at radius 1 is 1.30 bits per heavy atom. The molecule has 0 saturated carbocycles. The van der Waals surface area contributed by atoms with Gasteiger partial charge in [-0.15, -0.1) is 0 Å². The number of rotatable bonds is 3. The lowest BCUT2D eigenvalue weighted by Crippen LogP contribution is -2.28. The second-order valence-corrected chi connectivity index (χ2v) is 8.43. The molecule has 0 atom stereocenters. The van der Waals surface area contributed by atoms with Crippen molar-refractivity contribution >= 4 is 25.8 Å². The molecule has 0 aliphatic rings. The molecule has 0 N–H and O–H groups in total. The smallest absolute Gasteiger partial charge is 0.422 e. The van der Waals surface area contributed by atoms with Crippen LogP contribution in [0, 0.1) is 0 Å². The molecule has 20 heavy (non-hydrogen) atoms. The first kappa shape index (κ1) is 17.2. The summed E-state index contributed by atoms with van der Waals surface area (Å²) >= 11 is 2.92. The second-order valence-electron chi connectivity index (χ2n) is 4.98. The fourth-order valence-electron chi connectivity index (χ4n) is 1.17. The molecule has 0 unspecified atom stereocenters. The summed E-state index contributed by atoms with van der Waals surface area (Å²) < 4.78 is 64.2. The maximum atomic E-state index is 12.2. The number of alkyl halides is 3. The predicted molar refractivity (Wildman–Crippen MR) is 70.4 cm³/mol. The van der Waals surface area contributed by atoms with Crippen LogP contribution in [0.2, 0.25) is 0 Å². The fourth-order valence-corrected chi connectivity index (χ4v) is 2.66. The number of hydrogen-bond donors (Lipinski definition) is 0. The molecule has 0 aliphatic carbocycles. The molecule has 0 fully saturated rings. The molecule has 1 rings (SSSR count). The number of ether oxygens (including phenoxy) is 1. The van der Waals surface area contributed by atoms with Gasteiger partial charge < -0.3 is 4.74 Å². The van der Waals surface area contributed by atoms with E-state index in [2.05, 4.69) is 25.7 Å². The highest BCUT2D eigenvalue weighted by Gasteiger charge is 2.33. The maximum Gasteiger partial charge on any atom is 0.422 e. The van der Waals surface area contributed by atoms with Crippen LogP contribution in [0.5, 0.6) is 5.75 Å². The van der Waals surface area contributed by atoms with Crippen molar-refractivity contribution in [1.29, 1.82) is 0 Å². The van der Waals surface area contributed by atoms with E-state index >= 15 is 0 Å². The average Bonchev–Trinajstić information content (AvgIpc) is 2.25. The summed E-state index contributed by atoms with van der Waals surface area (Å²) in [6.07, 6.45) is -3.44. The summed E-state index contributed by atoms with van der Waals surface area (Å²) in [5, 5.41) is 0. The van der Waals surface area contributed by atoms with E-state index in [0.717, 1.165) is 12.3 Å². The SMILES string of the molecule is CC(C)(C)S(=O)(=O)c1cnc(Br)c(OCC(F)(F)F)c1. The second kappa shape index (κ2) is 5.51. The van der Waals surface area contributed by atoms with E-state index in [-0.39, 0.29) is 15.2 Å². The largest absolute Gasteiger partial charge is 0.481 e. The Balaban J connectivity index is 3.16. The third-order valence-electron chi connectivity index (χ3n) is 2.29. The van der Waals surface area contributed by atoms with E-state index in [4.69, 9.17) is 0 Å². The zero-order valence-corrected chi connectivity index (χ0v) is 13.4.